The Hall–Kier alpha value is -1.34. The molecule has 118 valence electrons. The number of hydrogen-bond acceptors (Lipinski definition) is 6. The van der Waals surface area contributed by atoms with Gasteiger partial charge in [0, 0.05) is 11.5 Å². The molecule has 22 heavy (non-hydrogen) atoms. The van der Waals surface area contributed by atoms with Gasteiger partial charge in [0.2, 0.25) is 5.89 Å². The first-order valence-electron chi connectivity index (χ1n) is 7.20. The van der Waals surface area contributed by atoms with E-state index < -0.39 is 9.84 Å². The van der Waals surface area contributed by atoms with Gasteiger partial charge >= 0.3 is 0 Å². The van der Waals surface area contributed by atoms with Crippen molar-refractivity contribution >= 4 is 21.6 Å². The molecular formula is C15H18N2O3S2. The Balaban J connectivity index is 1.64. The van der Waals surface area contributed by atoms with Crippen LogP contribution in [0.25, 0.3) is 0 Å². The molecule has 0 radical (unpaired) electrons. The van der Waals surface area contributed by atoms with E-state index in [4.69, 9.17) is 4.52 Å². The molecule has 1 aromatic heterocycles. The maximum atomic E-state index is 11.2. The van der Waals surface area contributed by atoms with E-state index in [-0.39, 0.29) is 11.6 Å². The molecule has 0 amide bonds. The Kier molecular flexibility index (Phi) is 4.54. The van der Waals surface area contributed by atoms with E-state index in [1.807, 2.05) is 0 Å². The van der Waals surface area contributed by atoms with Crippen LogP contribution < -0.4 is 0 Å². The van der Waals surface area contributed by atoms with Crippen LogP contribution in [0.2, 0.25) is 0 Å². The zero-order valence-electron chi connectivity index (χ0n) is 12.4. The number of rotatable bonds is 5. The van der Waals surface area contributed by atoms with Crippen LogP contribution in [-0.2, 0) is 27.8 Å². The summed E-state index contributed by atoms with van der Waals surface area (Å²) in [6.07, 6.45) is 4.65. The van der Waals surface area contributed by atoms with E-state index in [9.17, 15) is 8.42 Å². The van der Waals surface area contributed by atoms with Crippen LogP contribution in [0.3, 0.4) is 0 Å². The molecule has 1 heterocycles. The monoisotopic (exact) mass is 338 g/mol. The molecule has 1 aliphatic carbocycles. The maximum Gasteiger partial charge on any atom is 0.236 e. The highest BCUT2D eigenvalue weighted by Crippen LogP contribution is 2.40. The minimum absolute atomic E-state index is 0.173. The molecule has 7 heteroatoms. The van der Waals surface area contributed by atoms with Gasteiger partial charge in [-0.2, -0.15) is 4.98 Å². The summed E-state index contributed by atoms with van der Waals surface area (Å²) in [6.45, 7) is 0. The minimum Gasteiger partial charge on any atom is -0.338 e. The van der Waals surface area contributed by atoms with Crippen LogP contribution in [0.15, 0.2) is 28.8 Å². The Morgan fingerprint density at radius 2 is 2.18 bits per heavy atom. The molecule has 1 aromatic carbocycles. The lowest BCUT2D eigenvalue weighted by molar-refractivity contribution is 0.386. The van der Waals surface area contributed by atoms with Crippen molar-refractivity contribution in [1.82, 2.24) is 10.1 Å². The molecule has 0 saturated heterocycles. The second-order valence-electron chi connectivity index (χ2n) is 5.57. The highest BCUT2D eigenvalue weighted by Gasteiger charge is 2.21. The third-order valence-electron chi connectivity index (χ3n) is 3.62. The van der Waals surface area contributed by atoms with Crippen molar-refractivity contribution in [2.24, 2.45) is 0 Å². The largest absolute Gasteiger partial charge is 0.338 e. The molecule has 0 unspecified atom stereocenters. The Bertz CT molecular complexity index is 756. The third kappa shape index (κ3) is 3.89. The van der Waals surface area contributed by atoms with Crippen molar-refractivity contribution in [2.75, 3.05) is 6.26 Å². The summed E-state index contributed by atoms with van der Waals surface area (Å²) in [7, 11) is -3.13. The smallest absolute Gasteiger partial charge is 0.236 e. The number of aryl methyl sites for hydroxylation is 1. The van der Waals surface area contributed by atoms with Gasteiger partial charge in [0.1, 0.15) is 5.75 Å². The van der Waals surface area contributed by atoms with Crippen LogP contribution in [0, 0.1) is 0 Å². The lowest BCUT2D eigenvalue weighted by Crippen LogP contribution is -2.07. The molecule has 0 spiro atoms. The number of hydrogen-bond donors (Lipinski definition) is 0. The average Bonchev–Trinajstić information content (AvgIpc) is 2.90. The third-order valence-corrected chi connectivity index (χ3v) is 5.71. The zero-order chi connectivity index (χ0) is 15.6. The number of sulfone groups is 1. The van der Waals surface area contributed by atoms with Crippen LogP contribution in [-0.4, -0.2) is 24.8 Å². The van der Waals surface area contributed by atoms with Gasteiger partial charge in [0.05, 0.1) is 5.75 Å². The first-order chi connectivity index (χ1) is 10.5. The van der Waals surface area contributed by atoms with Crippen LogP contribution in [0.5, 0.6) is 0 Å². The fraction of sp³-hybridized carbons (Fsp3) is 0.467. The topological polar surface area (TPSA) is 73.1 Å². The van der Waals surface area contributed by atoms with Crippen molar-refractivity contribution in [3.63, 3.8) is 0 Å². The van der Waals surface area contributed by atoms with E-state index in [0.29, 0.717) is 16.9 Å². The molecule has 0 saturated carbocycles. The van der Waals surface area contributed by atoms with Crippen LogP contribution in [0.1, 0.15) is 40.9 Å². The van der Waals surface area contributed by atoms with Crippen molar-refractivity contribution in [2.45, 2.75) is 36.0 Å². The van der Waals surface area contributed by atoms with E-state index in [1.54, 1.807) is 11.8 Å². The summed E-state index contributed by atoms with van der Waals surface area (Å²) in [5, 5.41) is 4.17. The van der Waals surface area contributed by atoms with Gasteiger partial charge in [0.25, 0.3) is 0 Å². The molecule has 1 atom stereocenters. The minimum atomic E-state index is -3.13. The van der Waals surface area contributed by atoms with Crippen LogP contribution in [0.4, 0.5) is 0 Å². The standard InChI is InChI=1S/C15H18N2O3S2/c1-22(18,19)10-14-16-15(20-17-14)9-21-13-8-4-6-11-5-2-3-7-12(11)13/h2-3,5,7,13H,4,6,8-10H2,1H3/t13-/m1/s1. The van der Waals surface area contributed by atoms with E-state index >= 15 is 0 Å². The van der Waals surface area contributed by atoms with Gasteiger partial charge in [-0.25, -0.2) is 8.42 Å². The highest BCUT2D eigenvalue weighted by molar-refractivity contribution is 7.98. The Labute approximate surface area is 134 Å². The molecular weight excluding hydrogens is 320 g/mol. The fourth-order valence-electron chi connectivity index (χ4n) is 2.70. The zero-order valence-corrected chi connectivity index (χ0v) is 14.0. The Morgan fingerprint density at radius 1 is 1.36 bits per heavy atom. The number of nitrogens with zero attached hydrogens (tertiary/aromatic N) is 2. The molecule has 5 nitrogen and oxygen atoms in total. The average molecular weight is 338 g/mol. The normalized spacial score (nSPS) is 18.1. The van der Waals surface area contributed by atoms with Gasteiger partial charge in [-0.15, -0.1) is 11.8 Å². The van der Waals surface area contributed by atoms with Crippen molar-refractivity contribution in [1.29, 1.82) is 0 Å². The maximum absolute atomic E-state index is 11.2. The van der Waals surface area contributed by atoms with E-state index in [0.717, 1.165) is 19.1 Å². The van der Waals surface area contributed by atoms with Gasteiger partial charge in [0.15, 0.2) is 15.7 Å². The molecule has 0 fully saturated rings. The predicted octanol–water partition coefficient (Wildman–Crippen LogP) is 2.93. The van der Waals surface area contributed by atoms with E-state index in [2.05, 4.69) is 34.4 Å². The fourth-order valence-corrected chi connectivity index (χ4v) is 4.49. The van der Waals surface area contributed by atoms with Crippen molar-refractivity contribution in [3.05, 3.63) is 47.1 Å². The number of thioether (sulfide) groups is 1. The van der Waals surface area contributed by atoms with Gasteiger partial charge in [-0.05, 0) is 30.4 Å². The molecule has 0 aliphatic heterocycles. The van der Waals surface area contributed by atoms with Gasteiger partial charge in [-0.1, -0.05) is 29.4 Å². The van der Waals surface area contributed by atoms with E-state index in [1.165, 1.54) is 17.5 Å². The summed E-state index contributed by atoms with van der Waals surface area (Å²) in [4.78, 5) is 4.16. The molecule has 3 rings (SSSR count). The predicted molar refractivity (Wildman–Crippen MR) is 86.3 cm³/mol. The van der Waals surface area contributed by atoms with Gasteiger partial charge in [-0.3, -0.25) is 0 Å². The number of aromatic nitrogens is 2. The highest BCUT2D eigenvalue weighted by atomic mass is 32.2. The van der Waals surface area contributed by atoms with Crippen LogP contribution >= 0.6 is 11.8 Å². The van der Waals surface area contributed by atoms with Crippen molar-refractivity contribution < 1.29 is 12.9 Å². The van der Waals surface area contributed by atoms with Crippen molar-refractivity contribution in [3.8, 4) is 0 Å². The molecule has 0 bridgehead atoms. The second-order valence-corrected chi connectivity index (χ2v) is 8.90. The quantitative estimate of drug-likeness (QED) is 0.834. The lowest BCUT2D eigenvalue weighted by Gasteiger charge is -2.24. The number of benzene rings is 1. The number of fused-ring (bicyclic) bond motifs is 1. The SMILES string of the molecule is CS(=O)(=O)Cc1noc(CS[C@@H]2CCCc3ccccc32)n1. The molecule has 1 aliphatic rings. The second kappa shape index (κ2) is 6.42. The molecule has 2 aromatic rings. The summed E-state index contributed by atoms with van der Waals surface area (Å²) in [5.41, 5.74) is 2.82. The van der Waals surface area contributed by atoms with Gasteiger partial charge < -0.3 is 4.52 Å². The first-order valence-corrected chi connectivity index (χ1v) is 10.3. The summed E-state index contributed by atoms with van der Waals surface area (Å²) >= 11 is 1.78. The Morgan fingerprint density at radius 3 is 3.00 bits per heavy atom. The summed E-state index contributed by atoms with van der Waals surface area (Å²) < 4.78 is 27.6. The first kappa shape index (κ1) is 15.6. The summed E-state index contributed by atoms with van der Waals surface area (Å²) in [6, 6.07) is 8.55. The lowest BCUT2D eigenvalue weighted by atomic mass is 9.91. The summed E-state index contributed by atoms with van der Waals surface area (Å²) in [5.74, 6) is 1.16. The molecule has 0 N–H and O–H groups in total.